The number of nitrogens with two attached hydrogens (primary N) is 2. The molecule has 11 heavy (non-hydrogen) atoms. The summed E-state index contributed by atoms with van der Waals surface area (Å²) < 4.78 is 0. The molecule has 1 fully saturated rings. The number of rotatable bonds is 0. The molecule has 0 heterocycles. The molecule has 1 aliphatic rings. The molecule has 2 nitrogen and oxygen atoms in total. The van der Waals surface area contributed by atoms with Gasteiger partial charge in [-0.25, -0.2) is 0 Å². The van der Waals surface area contributed by atoms with Crippen molar-refractivity contribution >= 4 is 12.4 Å². The highest BCUT2D eigenvalue weighted by Crippen LogP contribution is 2.30. The van der Waals surface area contributed by atoms with Crippen LogP contribution in [0.15, 0.2) is 0 Å². The highest BCUT2D eigenvalue weighted by molar-refractivity contribution is 5.85. The van der Waals surface area contributed by atoms with E-state index in [1.807, 2.05) is 0 Å². The second-order valence-electron chi connectivity index (χ2n) is 3.94. The molecule has 68 valence electrons. The fourth-order valence-corrected chi connectivity index (χ4v) is 1.58. The summed E-state index contributed by atoms with van der Waals surface area (Å²) in [7, 11) is 0. The van der Waals surface area contributed by atoms with E-state index in [2.05, 4.69) is 13.8 Å². The molecular weight excluding hydrogens is 160 g/mol. The number of hydrogen-bond acceptors (Lipinski definition) is 2. The molecule has 0 aliphatic heterocycles. The van der Waals surface area contributed by atoms with Gasteiger partial charge in [0.2, 0.25) is 0 Å². The largest absolute Gasteiger partial charge is 0.328 e. The van der Waals surface area contributed by atoms with Crippen LogP contribution in [0.25, 0.3) is 0 Å². The second kappa shape index (κ2) is 3.74. The van der Waals surface area contributed by atoms with Crippen molar-refractivity contribution in [1.82, 2.24) is 0 Å². The van der Waals surface area contributed by atoms with Crippen LogP contribution < -0.4 is 11.5 Å². The molecule has 0 radical (unpaired) electrons. The molecule has 1 aliphatic carbocycles. The Hall–Kier alpha value is 0.210. The van der Waals surface area contributed by atoms with Gasteiger partial charge in [0.25, 0.3) is 0 Å². The minimum atomic E-state index is 0. The van der Waals surface area contributed by atoms with Gasteiger partial charge in [-0.2, -0.15) is 0 Å². The average molecular weight is 179 g/mol. The van der Waals surface area contributed by atoms with Crippen LogP contribution in [0.5, 0.6) is 0 Å². The van der Waals surface area contributed by atoms with Crippen molar-refractivity contribution in [1.29, 1.82) is 0 Å². The molecule has 0 aromatic carbocycles. The van der Waals surface area contributed by atoms with Gasteiger partial charge in [0, 0.05) is 11.6 Å². The van der Waals surface area contributed by atoms with Crippen molar-refractivity contribution in [3.8, 4) is 0 Å². The van der Waals surface area contributed by atoms with Crippen molar-refractivity contribution in [2.45, 2.75) is 44.7 Å². The monoisotopic (exact) mass is 178 g/mol. The molecule has 0 bridgehead atoms. The normalized spacial score (nSPS) is 44.7. The summed E-state index contributed by atoms with van der Waals surface area (Å²) in [4.78, 5) is 0. The summed E-state index contributed by atoms with van der Waals surface area (Å²) in [6, 6.07) is 0.395. The first-order valence-electron chi connectivity index (χ1n) is 4.07. The van der Waals surface area contributed by atoms with Crippen LogP contribution in [0.1, 0.15) is 33.1 Å². The lowest BCUT2D eigenvalue weighted by Crippen LogP contribution is -2.49. The van der Waals surface area contributed by atoms with Crippen LogP contribution in [0, 0.1) is 5.92 Å². The highest BCUT2D eigenvalue weighted by atomic mass is 35.5. The first-order chi connectivity index (χ1) is 4.52. The minimum absolute atomic E-state index is 0. The molecule has 1 rings (SSSR count). The molecule has 0 saturated heterocycles. The maximum Gasteiger partial charge on any atom is 0.0152 e. The molecule has 0 aromatic heterocycles. The van der Waals surface area contributed by atoms with Gasteiger partial charge in [0.1, 0.15) is 0 Å². The summed E-state index contributed by atoms with van der Waals surface area (Å²) in [5, 5.41) is 0. The van der Waals surface area contributed by atoms with Gasteiger partial charge in [-0.05, 0) is 32.1 Å². The minimum Gasteiger partial charge on any atom is -0.328 e. The van der Waals surface area contributed by atoms with E-state index >= 15 is 0 Å². The zero-order valence-corrected chi connectivity index (χ0v) is 8.16. The Morgan fingerprint density at radius 2 is 2.00 bits per heavy atom. The molecule has 3 unspecified atom stereocenters. The Morgan fingerprint density at radius 1 is 1.45 bits per heavy atom. The van der Waals surface area contributed by atoms with Gasteiger partial charge in [-0.15, -0.1) is 12.4 Å². The topological polar surface area (TPSA) is 52.0 Å². The zero-order chi connectivity index (χ0) is 7.78. The van der Waals surface area contributed by atoms with E-state index in [4.69, 9.17) is 11.5 Å². The van der Waals surface area contributed by atoms with Gasteiger partial charge in [-0.3, -0.25) is 0 Å². The van der Waals surface area contributed by atoms with E-state index in [0.29, 0.717) is 12.0 Å². The van der Waals surface area contributed by atoms with Crippen molar-refractivity contribution in [3.05, 3.63) is 0 Å². The van der Waals surface area contributed by atoms with E-state index < -0.39 is 0 Å². The molecule has 3 heteroatoms. The lowest BCUT2D eigenvalue weighted by atomic mass is 9.74. The van der Waals surface area contributed by atoms with E-state index in [1.165, 1.54) is 0 Å². The molecule has 4 N–H and O–H groups in total. The Labute approximate surface area is 75.1 Å². The van der Waals surface area contributed by atoms with Crippen molar-refractivity contribution < 1.29 is 0 Å². The fraction of sp³-hybridized carbons (Fsp3) is 1.00. The molecule has 0 aromatic rings. The van der Waals surface area contributed by atoms with Crippen LogP contribution in [0.3, 0.4) is 0 Å². The lowest BCUT2D eigenvalue weighted by Gasteiger charge is -2.38. The first-order valence-corrected chi connectivity index (χ1v) is 4.07. The maximum absolute atomic E-state index is 6.03. The summed E-state index contributed by atoms with van der Waals surface area (Å²) >= 11 is 0. The Kier molecular flexibility index (Phi) is 3.82. The third-order valence-corrected chi connectivity index (χ3v) is 2.84. The van der Waals surface area contributed by atoms with Crippen LogP contribution >= 0.6 is 12.4 Å². The van der Waals surface area contributed by atoms with Crippen molar-refractivity contribution in [2.24, 2.45) is 17.4 Å². The Balaban J connectivity index is 0.000001000. The molecule has 0 amide bonds. The Morgan fingerprint density at radius 3 is 2.36 bits per heavy atom. The third-order valence-electron chi connectivity index (χ3n) is 2.84. The third kappa shape index (κ3) is 2.62. The van der Waals surface area contributed by atoms with E-state index in [9.17, 15) is 0 Å². The van der Waals surface area contributed by atoms with Crippen molar-refractivity contribution in [2.75, 3.05) is 0 Å². The highest BCUT2D eigenvalue weighted by Gasteiger charge is 2.32. The predicted molar refractivity (Wildman–Crippen MR) is 50.8 cm³/mol. The van der Waals surface area contributed by atoms with Gasteiger partial charge in [-0.1, -0.05) is 6.92 Å². The standard InChI is InChI=1S/C8H18N2.ClH/c1-6-5-7(9)3-4-8(6,2)10;/h6-7H,3-5,9-10H2,1-2H3;1H. The van der Waals surface area contributed by atoms with Gasteiger partial charge in [0.15, 0.2) is 0 Å². The summed E-state index contributed by atoms with van der Waals surface area (Å²) in [6.45, 7) is 4.32. The van der Waals surface area contributed by atoms with Gasteiger partial charge >= 0.3 is 0 Å². The van der Waals surface area contributed by atoms with Crippen molar-refractivity contribution in [3.63, 3.8) is 0 Å². The molecular formula is C8H19ClN2. The summed E-state index contributed by atoms with van der Waals surface area (Å²) in [5.74, 6) is 0.580. The lowest BCUT2D eigenvalue weighted by molar-refractivity contribution is 0.206. The maximum atomic E-state index is 6.03. The summed E-state index contributed by atoms with van der Waals surface area (Å²) in [5.41, 5.74) is 11.9. The fourth-order valence-electron chi connectivity index (χ4n) is 1.58. The van der Waals surface area contributed by atoms with Gasteiger partial charge in [0.05, 0.1) is 0 Å². The smallest absolute Gasteiger partial charge is 0.0152 e. The SMILES string of the molecule is CC1CC(N)CCC1(C)N.Cl. The van der Waals surface area contributed by atoms with Crippen LogP contribution in [-0.4, -0.2) is 11.6 Å². The zero-order valence-electron chi connectivity index (χ0n) is 7.34. The van der Waals surface area contributed by atoms with Gasteiger partial charge < -0.3 is 11.5 Å². The molecule has 0 spiro atoms. The molecule has 3 atom stereocenters. The van der Waals surface area contributed by atoms with Crippen LogP contribution in [0.4, 0.5) is 0 Å². The van der Waals surface area contributed by atoms with E-state index in [1.54, 1.807) is 0 Å². The predicted octanol–water partition coefficient (Wildman–Crippen LogP) is 1.27. The van der Waals surface area contributed by atoms with E-state index in [0.717, 1.165) is 19.3 Å². The number of hydrogen-bond donors (Lipinski definition) is 2. The average Bonchev–Trinajstić information content (AvgIpc) is 1.81. The number of halogens is 1. The van der Waals surface area contributed by atoms with E-state index in [-0.39, 0.29) is 17.9 Å². The molecule has 1 saturated carbocycles. The second-order valence-corrected chi connectivity index (χ2v) is 3.94. The van der Waals surface area contributed by atoms with Crippen LogP contribution in [-0.2, 0) is 0 Å². The summed E-state index contributed by atoms with van der Waals surface area (Å²) in [6.07, 6.45) is 3.26. The quantitative estimate of drug-likeness (QED) is 0.587. The van der Waals surface area contributed by atoms with Crippen LogP contribution in [0.2, 0.25) is 0 Å². The first kappa shape index (κ1) is 11.2. The Bertz CT molecular complexity index is 125.